The van der Waals surface area contributed by atoms with Crippen LogP contribution in [0.4, 0.5) is 0 Å². The van der Waals surface area contributed by atoms with Gasteiger partial charge in [-0.05, 0) is 94.4 Å². The van der Waals surface area contributed by atoms with E-state index in [-0.39, 0.29) is 63.4 Å². The average molecular weight is 761 g/mol. The van der Waals surface area contributed by atoms with E-state index in [9.17, 15) is 24.3 Å². The molecular weight excluding hydrogens is 708 g/mol. The van der Waals surface area contributed by atoms with Crippen molar-refractivity contribution < 1.29 is 53.1 Å². The van der Waals surface area contributed by atoms with Crippen LogP contribution in [0.1, 0.15) is 97.6 Å². The first-order chi connectivity index (χ1) is 26.4. The lowest BCUT2D eigenvalue weighted by molar-refractivity contribution is -0.209. The number of hydrogen-bond acceptors (Lipinski definition) is 11. The number of amides is 2. The fraction of sp³-hybridized carbons (Fsp3) is 0.524. The molecule has 4 atom stereocenters. The van der Waals surface area contributed by atoms with Crippen molar-refractivity contribution in [2.45, 2.75) is 108 Å². The minimum Gasteiger partial charge on any atom is -0.499 e. The molecule has 4 N–H and O–H groups in total. The molecular formula is C42H52N2O11. The zero-order valence-corrected chi connectivity index (χ0v) is 31.7. The van der Waals surface area contributed by atoms with Crippen molar-refractivity contribution in [1.29, 1.82) is 0 Å². The van der Waals surface area contributed by atoms with E-state index in [2.05, 4.69) is 10.6 Å². The maximum atomic E-state index is 13.8. The van der Waals surface area contributed by atoms with Crippen molar-refractivity contribution in [2.24, 2.45) is 11.8 Å². The second-order valence-electron chi connectivity index (χ2n) is 15.6. The molecule has 2 saturated carbocycles. The topological polar surface area (TPSA) is 179 Å². The van der Waals surface area contributed by atoms with E-state index in [4.69, 9.17) is 28.8 Å². The van der Waals surface area contributed by atoms with E-state index < -0.39 is 53.6 Å². The molecule has 2 amide bonds. The van der Waals surface area contributed by atoms with Crippen molar-refractivity contribution >= 4 is 29.8 Å². The van der Waals surface area contributed by atoms with Crippen LogP contribution in [-0.4, -0.2) is 89.5 Å². The summed E-state index contributed by atoms with van der Waals surface area (Å²) in [5.41, 5.74) is 1.66. The highest BCUT2D eigenvalue weighted by Crippen LogP contribution is 2.59. The van der Waals surface area contributed by atoms with E-state index >= 15 is 0 Å². The van der Waals surface area contributed by atoms with Crippen LogP contribution in [0.2, 0.25) is 0 Å². The van der Waals surface area contributed by atoms with Gasteiger partial charge in [-0.3, -0.25) is 14.4 Å². The first-order valence-electron chi connectivity index (χ1n) is 19.1. The van der Waals surface area contributed by atoms with E-state index in [1.54, 1.807) is 81.5 Å². The van der Waals surface area contributed by atoms with Gasteiger partial charge in [-0.15, -0.1) is 0 Å². The largest absolute Gasteiger partial charge is 0.499 e. The van der Waals surface area contributed by atoms with Gasteiger partial charge >= 0.3 is 11.9 Å². The molecule has 6 rings (SSSR count). The summed E-state index contributed by atoms with van der Waals surface area (Å²) in [6.07, 6.45) is 7.23. The fourth-order valence-corrected chi connectivity index (χ4v) is 7.12. The molecule has 13 heteroatoms. The maximum Gasteiger partial charge on any atom is 0.339 e. The Kier molecular flexibility index (Phi) is 12.8. The third-order valence-corrected chi connectivity index (χ3v) is 10.0. The standard InChI is InChI=1S/C42H52N2O11/c1-41(2,3)54-36(47)16-15-32(25-46)44-39(49)28-9-6-7-26(21-28)24-43-38(48)29-22-34(37-35(23-29)53-42(55-37,30-11-12-30)31-13-14-31)52-40(50)33-10-5-4-8-27(33)17-19-51-20-18-45/h4-10,17,19,21,23,30-32,34-35,37,45-46H,11-16,18,20,22,24-25H2,1-3H3,(H,43,48)(H,44,49)/t32-,34+,35+,37-/m0/s1. The summed E-state index contributed by atoms with van der Waals surface area (Å²) in [6.45, 7) is 5.07. The van der Waals surface area contributed by atoms with Crippen LogP contribution in [0, 0.1) is 11.8 Å². The SMILES string of the molecule is CC(C)(C)OC(=O)CC[C@@H](CO)NC(=O)c1cccc(CNC(=O)C2=C[C@H]3OC(C4CC4)(C4CC4)O[C@H]3[C@H](OC(=O)c3ccccc3C=COCCO)C2)c1. The van der Waals surface area contributed by atoms with Crippen molar-refractivity contribution in [2.75, 3.05) is 19.8 Å². The summed E-state index contributed by atoms with van der Waals surface area (Å²) in [6, 6.07) is 13.1. The van der Waals surface area contributed by atoms with Crippen molar-refractivity contribution in [3.63, 3.8) is 0 Å². The normalized spacial score (nSPS) is 22.3. The van der Waals surface area contributed by atoms with Crippen LogP contribution in [-0.2, 0) is 39.8 Å². The molecule has 3 fully saturated rings. The summed E-state index contributed by atoms with van der Waals surface area (Å²) < 4.78 is 30.2. The van der Waals surface area contributed by atoms with Crippen LogP contribution >= 0.6 is 0 Å². The second kappa shape index (κ2) is 17.5. The Morgan fingerprint density at radius 2 is 1.73 bits per heavy atom. The monoisotopic (exact) mass is 760 g/mol. The molecule has 1 heterocycles. The molecule has 296 valence electrons. The first kappa shape index (κ1) is 40.1. The van der Waals surface area contributed by atoms with Gasteiger partial charge < -0.3 is 44.5 Å². The average Bonchev–Trinajstić information content (AvgIpc) is 4.11. The van der Waals surface area contributed by atoms with Gasteiger partial charge in [-0.25, -0.2) is 4.79 Å². The zero-order chi connectivity index (χ0) is 39.2. The number of nitrogens with one attached hydrogen (secondary N) is 2. The molecule has 0 bridgehead atoms. The molecule has 55 heavy (non-hydrogen) atoms. The van der Waals surface area contributed by atoms with Crippen LogP contribution in [0.3, 0.4) is 0 Å². The van der Waals surface area contributed by atoms with Gasteiger partial charge in [0.2, 0.25) is 5.91 Å². The summed E-state index contributed by atoms with van der Waals surface area (Å²) in [4.78, 5) is 52.7. The molecule has 1 aliphatic heterocycles. The van der Waals surface area contributed by atoms with Crippen molar-refractivity contribution in [3.8, 4) is 0 Å². The third kappa shape index (κ3) is 10.4. The van der Waals surface area contributed by atoms with Crippen LogP contribution in [0.25, 0.3) is 6.08 Å². The molecule has 1 saturated heterocycles. The molecule has 3 aliphatic carbocycles. The number of rotatable bonds is 17. The molecule has 4 aliphatic rings. The van der Waals surface area contributed by atoms with Gasteiger partial charge in [0.05, 0.1) is 31.1 Å². The lowest BCUT2D eigenvalue weighted by Gasteiger charge is -2.31. The molecule has 0 aromatic heterocycles. The van der Waals surface area contributed by atoms with Gasteiger partial charge in [0, 0.05) is 42.4 Å². The Morgan fingerprint density at radius 1 is 0.982 bits per heavy atom. The van der Waals surface area contributed by atoms with E-state index in [1.807, 2.05) is 0 Å². The lowest BCUT2D eigenvalue weighted by atomic mass is 9.91. The van der Waals surface area contributed by atoms with E-state index in [1.165, 1.54) is 6.26 Å². The minimum atomic E-state index is -0.799. The van der Waals surface area contributed by atoms with Gasteiger partial charge in [-0.2, -0.15) is 0 Å². The van der Waals surface area contributed by atoms with E-state index in [0.717, 1.165) is 25.7 Å². The molecule has 2 aromatic rings. The molecule has 0 spiro atoms. The number of aliphatic hydroxyl groups excluding tert-OH is 2. The predicted molar refractivity (Wildman–Crippen MR) is 200 cm³/mol. The Bertz CT molecular complexity index is 1760. The van der Waals surface area contributed by atoms with Gasteiger partial charge in [-0.1, -0.05) is 30.3 Å². The Balaban J connectivity index is 1.12. The number of carbonyl (C=O) groups excluding carboxylic acids is 4. The van der Waals surface area contributed by atoms with E-state index in [0.29, 0.717) is 27.8 Å². The zero-order valence-electron chi connectivity index (χ0n) is 31.7. The second-order valence-corrected chi connectivity index (χ2v) is 15.6. The lowest BCUT2D eigenvalue weighted by Crippen LogP contribution is -2.44. The minimum absolute atomic E-state index is 0.0395. The maximum absolute atomic E-state index is 13.8. The summed E-state index contributed by atoms with van der Waals surface area (Å²) in [5, 5.41) is 24.6. The van der Waals surface area contributed by atoms with Gasteiger partial charge in [0.15, 0.2) is 5.79 Å². The molecule has 0 radical (unpaired) electrons. The third-order valence-electron chi connectivity index (χ3n) is 10.0. The number of benzene rings is 2. The highest BCUT2D eigenvalue weighted by atomic mass is 16.8. The van der Waals surface area contributed by atoms with Crippen molar-refractivity contribution in [3.05, 3.63) is 88.7 Å². The number of hydrogen-bond donors (Lipinski definition) is 4. The fourth-order valence-electron chi connectivity index (χ4n) is 7.12. The quantitative estimate of drug-likeness (QED) is 0.102. The van der Waals surface area contributed by atoms with Crippen LogP contribution in [0.15, 0.2) is 66.4 Å². The Labute approximate surface area is 321 Å². The summed E-state index contributed by atoms with van der Waals surface area (Å²) >= 11 is 0. The Morgan fingerprint density at radius 3 is 2.42 bits per heavy atom. The molecule has 2 aromatic carbocycles. The Hall–Kier alpha value is -4.56. The van der Waals surface area contributed by atoms with Gasteiger partial charge in [0.1, 0.15) is 30.5 Å². The number of fused-ring (bicyclic) bond motifs is 1. The summed E-state index contributed by atoms with van der Waals surface area (Å²) in [7, 11) is 0. The van der Waals surface area contributed by atoms with Crippen molar-refractivity contribution in [1.82, 2.24) is 10.6 Å². The predicted octanol–water partition coefficient (Wildman–Crippen LogP) is 4.35. The molecule has 13 nitrogen and oxygen atoms in total. The number of carbonyl (C=O) groups is 4. The first-order valence-corrected chi connectivity index (χ1v) is 19.1. The highest BCUT2D eigenvalue weighted by Gasteiger charge is 2.64. The van der Waals surface area contributed by atoms with Crippen LogP contribution < -0.4 is 10.6 Å². The molecule has 0 unspecified atom stereocenters. The van der Waals surface area contributed by atoms with Gasteiger partial charge in [0.25, 0.3) is 5.91 Å². The highest BCUT2D eigenvalue weighted by molar-refractivity contribution is 5.96. The number of aliphatic hydroxyl groups is 2. The summed E-state index contributed by atoms with van der Waals surface area (Å²) in [5.74, 6) is -2.00. The van der Waals surface area contributed by atoms with Crippen LogP contribution in [0.5, 0.6) is 0 Å². The smallest absolute Gasteiger partial charge is 0.339 e. The number of esters is 2. The number of ether oxygens (including phenoxy) is 5.